The Morgan fingerprint density at radius 1 is 1.06 bits per heavy atom. The van der Waals surface area contributed by atoms with Crippen LogP contribution in [0.1, 0.15) is 27.8 Å². The first kappa shape index (κ1) is 23.1. The van der Waals surface area contributed by atoms with E-state index in [9.17, 15) is 9.59 Å². The van der Waals surface area contributed by atoms with E-state index in [1.807, 2.05) is 6.92 Å². The molecular weight excluding hydrogens is 454 g/mol. The maximum absolute atomic E-state index is 12.5. The predicted molar refractivity (Wildman–Crippen MR) is 126 cm³/mol. The van der Waals surface area contributed by atoms with Crippen LogP contribution in [0.5, 0.6) is 11.5 Å². The summed E-state index contributed by atoms with van der Waals surface area (Å²) < 4.78 is 15.8. The van der Waals surface area contributed by atoms with Gasteiger partial charge in [-0.15, -0.1) is 0 Å². The van der Waals surface area contributed by atoms with Gasteiger partial charge in [0.2, 0.25) is 0 Å². The number of furan rings is 1. The topological polar surface area (TPSA) is 102 Å². The molecule has 8 nitrogen and oxygen atoms in total. The van der Waals surface area contributed by atoms with Crippen LogP contribution in [0.3, 0.4) is 0 Å². The third kappa shape index (κ3) is 5.77. The van der Waals surface area contributed by atoms with Gasteiger partial charge in [0.05, 0.1) is 30.7 Å². The fourth-order valence-corrected chi connectivity index (χ4v) is 3.17. The summed E-state index contributed by atoms with van der Waals surface area (Å²) in [5.41, 5.74) is 1.23. The largest absolute Gasteiger partial charge is 0.495 e. The van der Waals surface area contributed by atoms with Crippen molar-refractivity contribution in [1.29, 1.82) is 0 Å². The van der Waals surface area contributed by atoms with Crippen molar-refractivity contribution in [3.63, 3.8) is 0 Å². The second kappa shape index (κ2) is 10.7. The average molecular weight is 474 g/mol. The van der Waals surface area contributed by atoms with E-state index in [2.05, 4.69) is 16.0 Å². The number of ether oxygens (including phenoxy) is 2. The number of hydrogen-bond donors (Lipinski definition) is 3. The summed E-state index contributed by atoms with van der Waals surface area (Å²) in [6, 6.07) is 12.8. The third-order valence-corrected chi connectivity index (χ3v) is 4.67. The highest BCUT2D eigenvalue weighted by atomic mass is 35.5. The van der Waals surface area contributed by atoms with Gasteiger partial charge in [-0.25, -0.2) is 0 Å². The molecule has 0 fully saturated rings. The maximum Gasteiger partial charge on any atom is 0.291 e. The quantitative estimate of drug-likeness (QED) is 0.427. The molecule has 2 aromatic carbocycles. The minimum absolute atomic E-state index is 0.0350. The molecule has 10 heteroatoms. The van der Waals surface area contributed by atoms with E-state index < -0.39 is 11.8 Å². The van der Waals surface area contributed by atoms with Crippen LogP contribution in [0.15, 0.2) is 59.2 Å². The first-order valence-corrected chi connectivity index (χ1v) is 10.3. The zero-order valence-corrected chi connectivity index (χ0v) is 18.8. The summed E-state index contributed by atoms with van der Waals surface area (Å²) >= 11 is 11.4. The monoisotopic (exact) mass is 473 g/mol. The number of halogens is 1. The molecule has 32 heavy (non-hydrogen) atoms. The Balaban J connectivity index is 1.68. The predicted octanol–water partition coefficient (Wildman–Crippen LogP) is 4.72. The van der Waals surface area contributed by atoms with Crippen molar-refractivity contribution >= 4 is 52.1 Å². The molecule has 1 aromatic heterocycles. The van der Waals surface area contributed by atoms with Crippen molar-refractivity contribution < 1.29 is 23.5 Å². The smallest absolute Gasteiger partial charge is 0.291 e. The van der Waals surface area contributed by atoms with Crippen LogP contribution in [-0.4, -0.2) is 30.6 Å². The molecule has 0 spiro atoms. The van der Waals surface area contributed by atoms with Crippen LogP contribution in [0.2, 0.25) is 5.02 Å². The molecule has 0 atom stereocenters. The van der Waals surface area contributed by atoms with Gasteiger partial charge >= 0.3 is 0 Å². The van der Waals surface area contributed by atoms with Gasteiger partial charge in [0, 0.05) is 11.3 Å². The lowest BCUT2D eigenvalue weighted by Crippen LogP contribution is -2.34. The SMILES string of the molecule is CCOc1ccc(C(=O)NC(=S)Nc2cc(NC(=O)c3ccco3)ccc2OC)cc1Cl. The molecule has 0 bridgehead atoms. The van der Waals surface area contributed by atoms with Crippen molar-refractivity contribution in [2.45, 2.75) is 6.92 Å². The van der Waals surface area contributed by atoms with Crippen molar-refractivity contribution in [2.75, 3.05) is 24.4 Å². The molecule has 3 aromatic rings. The molecular formula is C22H20ClN3O5S. The molecule has 0 aliphatic carbocycles. The highest BCUT2D eigenvalue weighted by Gasteiger charge is 2.14. The summed E-state index contributed by atoms with van der Waals surface area (Å²) in [5.74, 6) is 0.265. The van der Waals surface area contributed by atoms with E-state index in [-0.39, 0.29) is 10.9 Å². The summed E-state index contributed by atoms with van der Waals surface area (Å²) in [4.78, 5) is 24.7. The van der Waals surface area contributed by atoms with Crippen molar-refractivity contribution in [2.24, 2.45) is 0 Å². The van der Waals surface area contributed by atoms with Crippen molar-refractivity contribution in [3.05, 3.63) is 71.1 Å². The van der Waals surface area contributed by atoms with Crippen LogP contribution in [0.4, 0.5) is 11.4 Å². The normalized spacial score (nSPS) is 10.2. The van der Waals surface area contributed by atoms with E-state index in [1.54, 1.807) is 42.5 Å². The number of hydrogen-bond acceptors (Lipinski definition) is 6. The number of benzene rings is 2. The molecule has 0 radical (unpaired) electrons. The van der Waals surface area contributed by atoms with E-state index >= 15 is 0 Å². The van der Waals surface area contributed by atoms with Crippen LogP contribution >= 0.6 is 23.8 Å². The van der Waals surface area contributed by atoms with Gasteiger partial charge in [0.15, 0.2) is 10.9 Å². The fourth-order valence-electron chi connectivity index (χ4n) is 2.73. The van der Waals surface area contributed by atoms with E-state index in [0.717, 1.165) is 0 Å². The van der Waals surface area contributed by atoms with Gasteiger partial charge in [-0.3, -0.25) is 14.9 Å². The molecule has 166 valence electrons. The Hall–Kier alpha value is -3.56. The molecule has 0 unspecified atom stereocenters. The Morgan fingerprint density at radius 3 is 2.50 bits per heavy atom. The minimum atomic E-state index is -0.450. The molecule has 0 aliphatic rings. The van der Waals surface area contributed by atoms with E-state index in [0.29, 0.717) is 40.1 Å². The minimum Gasteiger partial charge on any atom is -0.495 e. The van der Waals surface area contributed by atoms with Crippen LogP contribution in [-0.2, 0) is 0 Å². The second-order valence-electron chi connectivity index (χ2n) is 6.33. The molecule has 2 amide bonds. The second-order valence-corrected chi connectivity index (χ2v) is 7.15. The lowest BCUT2D eigenvalue weighted by Gasteiger charge is -2.15. The lowest BCUT2D eigenvalue weighted by molar-refractivity contribution is 0.0975. The number of thiocarbonyl (C=S) groups is 1. The summed E-state index contributed by atoms with van der Waals surface area (Å²) in [6.45, 7) is 2.30. The Labute approximate surface area is 194 Å². The number of anilines is 2. The van der Waals surface area contributed by atoms with Gasteiger partial charge in [0.25, 0.3) is 11.8 Å². The van der Waals surface area contributed by atoms with Crippen LogP contribution in [0.25, 0.3) is 0 Å². The highest BCUT2D eigenvalue weighted by Crippen LogP contribution is 2.28. The zero-order valence-electron chi connectivity index (χ0n) is 17.2. The van der Waals surface area contributed by atoms with Crippen LogP contribution in [0, 0.1) is 0 Å². The van der Waals surface area contributed by atoms with E-state index in [1.165, 1.54) is 19.4 Å². The number of amides is 2. The van der Waals surface area contributed by atoms with Gasteiger partial charge in [-0.05, 0) is 67.7 Å². The van der Waals surface area contributed by atoms with Gasteiger partial charge < -0.3 is 24.5 Å². The summed E-state index contributed by atoms with van der Waals surface area (Å²) in [7, 11) is 1.49. The lowest BCUT2D eigenvalue weighted by atomic mass is 10.2. The molecule has 3 rings (SSSR count). The summed E-state index contributed by atoms with van der Waals surface area (Å²) in [6.07, 6.45) is 1.41. The Bertz CT molecular complexity index is 1130. The number of rotatable bonds is 7. The van der Waals surface area contributed by atoms with E-state index in [4.69, 9.17) is 37.7 Å². The van der Waals surface area contributed by atoms with Gasteiger partial charge in [0.1, 0.15) is 11.5 Å². The Kier molecular flexibility index (Phi) is 7.69. The molecule has 3 N–H and O–H groups in total. The van der Waals surface area contributed by atoms with Gasteiger partial charge in [-0.2, -0.15) is 0 Å². The summed E-state index contributed by atoms with van der Waals surface area (Å²) in [5, 5.41) is 8.55. The first-order chi connectivity index (χ1) is 15.4. The fraction of sp³-hybridized carbons (Fsp3) is 0.136. The molecule has 0 saturated carbocycles. The highest BCUT2D eigenvalue weighted by molar-refractivity contribution is 7.80. The van der Waals surface area contributed by atoms with Crippen molar-refractivity contribution in [3.8, 4) is 11.5 Å². The standard InChI is InChI=1S/C22H20ClN3O5S/c1-3-30-17-8-6-13(11-15(17)23)20(27)26-22(32)25-16-12-14(7-9-18(16)29-2)24-21(28)19-5-4-10-31-19/h4-12H,3H2,1-2H3,(H,24,28)(H2,25,26,27,32). The van der Waals surface area contributed by atoms with Crippen molar-refractivity contribution in [1.82, 2.24) is 5.32 Å². The zero-order chi connectivity index (χ0) is 23.1. The maximum atomic E-state index is 12.5. The number of methoxy groups -OCH3 is 1. The number of carbonyl (C=O) groups excluding carboxylic acids is 2. The first-order valence-electron chi connectivity index (χ1n) is 9.48. The molecule has 0 aliphatic heterocycles. The van der Waals surface area contributed by atoms with Gasteiger partial charge in [-0.1, -0.05) is 11.6 Å². The Morgan fingerprint density at radius 2 is 1.84 bits per heavy atom. The number of nitrogens with one attached hydrogen (secondary N) is 3. The molecule has 1 heterocycles. The number of carbonyl (C=O) groups is 2. The van der Waals surface area contributed by atoms with Crippen LogP contribution < -0.4 is 25.4 Å². The third-order valence-electron chi connectivity index (χ3n) is 4.17. The average Bonchev–Trinajstić information content (AvgIpc) is 3.30. The molecule has 0 saturated heterocycles.